The summed E-state index contributed by atoms with van der Waals surface area (Å²) in [5, 5.41) is -0.236. The van der Waals surface area contributed by atoms with Gasteiger partial charge in [-0.15, -0.1) is 18.3 Å². The van der Waals surface area contributed by atoms with Crippen LogP contribution in [0.5, 0.6) is 0 Å². The van der Waals surface area contributed by atoms with Crippen LogP contribution in [0.2, 0.25) is 0 Å². The molecule has 0 saturated carbocycles. The number of aliphatic imine (C=N–C) groups is 1. The van der Waals surface area contributed by atoms with Crippen LogP contribution in [0, 0.1) is 0 Å². The Hall–Kier alpha value is -3.90. The summed E-state index contributed by atoms with van der Waals surface area (Å²) in [6.45, 7) is 3.84. The van der Waals surface area contributed by atoms with Gasteiger partial charge in [0.2, 0.25) is 0 Å². The fraction of sp³-hybridized carbons (Fsp3) is 0.167. The van der Waals surface area contributed by atoms with Crippen LogP contribution in [0.3, 0.4) is 0 Å². The van der Waals surface area contributed by atoms with Crippen LogP contribution in [0.25, 0.3) is 0 Å². The van der Waals surface area contributed by atoms with Gasteiger partial charge >= 0.3 is 5.97 Å². The van der Waals surface area contributed by atoms with E-state index in [1.54, 1.807) is 29.0 Å². The first-order valence-corrected chi connectivity index (χ1v) is 12.9. The van der Waals surface area contributed by atoms with Gasteiger partial charge in [0.25, 0.3) is 5.91 Å². The number of allylic oxidation sites excluding steroid dienone is 1. The molecule has 0 aromatic heterocycles. The van der Waals surface area contributed by atoms with Gasteiger partial charge in [0.05, 0.1) is 0 Å². The number of amides is 1. The number of carbonyl (C=O) groups is 2. The van der Waals surface area contributed by atoms with E-state index in [9.17, 15) is 9.59 Å². The molecule has 3 aromatic carbocycles. The Labute approximate surface area is 215 Å². The van der Waals surface area contributed by atoms with Crippen molar-refractivity contribution in [3.05, 3.63) is 132 Å². The van der Waals surface area contributed by atoms with Gasteiger partial charge in [0, 0.05) is 12.0 Å². The molecule has 2 aliphatic heterocycles. The highest BCUT2D eigenvalue weighted by atomic mass is 32.2. The van der Waals surface area contributed by atoms with Crippen LogP contribution in [0.4, 0.5) is 0 Å². The summed E-state index contributed by atoms with van der Waals surface area (Å²) >= 11 is 1.62. The van der Waals surface area contributed by atoms with E-state index < -0.39 is 18.1 Å². The van der Waals surface area contributed by atoms with Crippen molar-refractivity contribution in [1.29, 1.82) is 0 Å². The zero-order valence-electron chi connectivity index (χ0n) is 19.7. The van der Waals surface area contributed by atoms with Crippen LogP contribution in [0.15, 0.2) is 120 Å². The molecule has 1 fully saturated rings. The zero-order valence-corrected chi connectivity index (χ0v) is 20.5. The predicted octanol–water partition coefficient (Wildman–Crippen LogP) is 5.55. The Morgan fingerprint density at radius 1 is 1.00 bits per heavy atom. The molecule has 1 unspecified atom stereocenters. The third kappa shape index (κ3) is 4.77. The number of hydrogen-bond acceptors (Lipinski definition) is 5. The highest BCUT2D eigenvalue weighted by Crippen LogP contribution is 2.43. The largest absolute Gasteiger partial charge is 0.448 e. The van der Waals surface area contributed by atoms with Crippen LogP contribution in [0.1, 0.15) is 29.2 Å². The number of fused-ring (bicyclic) bond motifs is 1. The molecule has 1 saturated heterocycles. The predicted molar refractivity (Wildman–Crippen MR) is 144 cm³/mol. The lowest BCUT2D eigenvalue weighted by molar-refractivity contribution is -0.153. The third-order valence-electron chi connectivity index (χ3n) is 6.22. The monoisotopic (exact) mass is 494 g/mol. The molecule has 0 N–H and O–H groups in total. The minimum absolute atomic E-state index is 0.191. The first-order chi connectivity index (χ1) is 17.7. The zero-order chi connectivity index (χ0) is 24.9. The van der Waals surface area contributed by atoms with Gasteiger partial charge in [-0.2, -0.15) is 0 Å². The quantitative estimate of drug-likeness (QED) is 0.178. The van der Waals surface area contributed by atoms with Gasteiger partial charge in [-0.3, -0.25) is 14.7 Å². The van der Waals surface area contributed by atoms with Gasteiger partial charge < -0.3 is 4.74 Å². The number of carbonyl (C=O) groups excluding carboxylic acids is 2. The molecular formula is C30H26N2O3S. The summed E-state index contributed by atoms with van der Waals surface area (Å²) in [5.41, 5.74) is 3.83. The standard InChI is InChI=1S/C30H26N2O3S/c1-2-12-24-20-36-29-25(31-19-21-13-6-3-7-14-21)28(33)32(29)26(24)30(34)35-27(22-15-8-4-9-16-22)23-17-10-5-11-18-23/h2-11,13-19,25,27,29H,1,12,20H2/t25?,29-/m0/s1. The Kier molecular flexibility index (Phi) is 7.14. The van der Waals surface area contributed by atoms with E-state index in [2.05, 4.69) is 11.6 Å². The second kappa shape index (κ2) is 10.8. The van der Waals surface area contributed by atoms with Crippen molar-refractivity contribution in [2.75, 3.05) is 5.75 Å². The first-order valence-electron chi connectivity index (χ1n) is 11.8. The van der Waals surface area contributed by atoms with E-state index in [1.165, 1.54) is 0 Å². The normalized spacial score (nSPS) is 19.2. The lowest BCUT2D eigenvalue weighted by atomic mass is 10.00. The minimum atomic E-state index is -0.589. The molecule has 2 atom stereocenters. The summed E-state index contributed by atoms with van der Waals surface area (Å²) in [5.74, 6) is -0.0820. The van der Waals surface area contributed by atoms with Crippen molar-refractivity contribution in [2.45, 2.75) is 23.9 Å². The summed E-state index contributed by atoms with van der Waals surface area (Å²) < 4.78 is 6.13. The third-order valence-corrected chi connectivity index (χ3v) is 7.54. The maximum absolute atomic E-state index is 13.7. The Morgan fingerprint density at radius 2 is 1.58 bits per heavy atom. The van der Waals surface area contributed by atoms with Crippen LogP contribution in [-0.4, -0.2) is 40.2 Å². The summed E-state index contributed by atoms with van der Waals surface area (Å²) in [6, 6.07) is 28.4. The van der Waals surface area contributed by atoms with Gasteiger partial charge in [0.15, 0.2) is 12.1 Å². The van der Waals surface area contributed by atoms with Gasteiger partial charge in [0.1, 0.15) is 11.1 Å². The van der Waals surface area contributed by atoms with Gasteiger partial charge in [-0.05, 0) is 28.7 Å². The number of benzene rings is 3. The second-order valence-corrected chi connectivity index (χ2v) is 9.70. The molecule has 0 spiro atoms. The molecule has 2 heterocycles. The van der Waals surface area contributed by atoms with Gasteiger partial charge in [-0.25, -0.2) is 4.79 Å². The smallest absolute Gasteiger partial charge is 0.356 e. The molecule has 5 rings (SSSR count). The Morgan fingerprint density at radius 3 is 2.17 bits per heavy atom. The SMILES string of the molecule is C=CCC1=C(C(=O)OC(c2ccccc2)c2ccccc2)N2C(=O)C(N=Cc3ccccc3)[C@@H]2SC1. The van der Waals surface area contributed by atoms with Crippen molar-refractivity contribution in [3.63, 3.8) is 0 Å². The highest BCUT2D eigenvalue weighted by molar-refractivity contribution is 8.00. The number of thioether (sulfide) groups is 1. The van der Waals surface area contributed by atoms with Crippen molar-refractivity contribution in [3.8, 4) is 0 Å². The fourth-order valence-corrected chi connectivity index (χ4v) is 5.79. The van der Waals surface area contributed by atoms with Crippen LogP contribution < -0.4 is 0 Å². The number of rotatable bonds is 8. The average Bonchev–Trinajstić information content (AvgIpc) is 2.93. The molecule has 0 aliphatic carbocycles. The van der Waals surface area contributed by atoms with Crippen LogP contribution in [-0.2, 0) is 14.3 Å². The molecule has 0 bridgehead atoms. The van der Waals surface area contributed by atoms with Crippen molar-refractivity contribution in [2.24, 2.45) is 4.99 Å². The highest BCUT2D eigenvalue weighted by Gasteiger charge is 2.53. The van der Waals surface area contributed by atoms with E-state index in [1.807, 2.05) is 91.0 Å². The van der Waals surface area contributed by atoms with Crippen molar-refractivity contribution in [1.82, 2.24) is 4.90 Å². The lowest BCUT2D eigenvalue weighted by Crippen LogP contribution is -2.64. The lowest BCUT2D eigenvalue weighted by Gasteiger charge is -2.48. The topological polar surface area (TPSA) is 59.0 Å². The van der Waals surface area contributed by atoms with E-state index in [4.69, 9.17) is 4.74 Å². The summed E-state index contributed by atoms with van der Waals surface area (Å²) in [4.78, 5) is 33.1. The Bertz CT molecular complexity index is 1270. The molecule has 1 amide bonds. The fourth-order valence-electron chi connectivity index (χ4n) is 4.44. The molecule has 3 aromatic rings. The Balaban J connectivity index is 1.43. The van der Waals surface area contributed by atoms with Crippen LogP contribution >= 0.6 is 11.8 Å². The second-order valence-electron chi connectivity index (χ2n) is 8.60. The maximum Gasteiger partial charge on any atom is 0.356 e. The number of hydrogen-bond donors (Lipinski definition) is 0. The summed E-state index contributed by atoms with van der Waals surface area (Å²) in [6.07, 6.45) is 3.40. The molecule has 36 heavy (non-hydrogen) atoms. The summed E-state index contributed by atoms with van der Waals surface area (Å²) in [7, 11) is 0. The number of nitrogens with zero attached hydrogens (tertiary/aromatic N) is 2. The van der Waals surface area contributed by atoms with E-state index in [0.29, 0.717) is 17.9 Å². The molecule has 2 aliphatic rings. The van der Waals surface area contributed by atoms with Crippen molar-refractivity contribution < 1.29 is 14.3 Å². The number of esters is 1. The minimum Gasteiger partial charge on any atom is -0.448 e. The van der Waals surface area contributed by atoms with E-state index >= 15 is 0 Å². The number of ether oxygens (including phenoxy) is 1. The van der Waals surface area contributed by atoms with Crippen molar-refractivity contribution >= 4 is 29.9 Å². The van der Waals surface area contributed by atoms with Gasteiger partial charge in [-0.1, -0.05) is 97.1 Å². The van der Waals surface area contributed by atoms with E-state index in [0.717, 1.165) is 22.3 Å². The molecule has 5 nitrogen and oxygen atoms in total. The van der Waals surface area contributed by atoms with E-state index in [-0.39, 0.29) is 11.3 Å². The molecule has 180 valence electrons. The average molecular weight is 495 g/mol. The first kappa shape index (κ1) is 23.8. The molecular weight excluding hydrogens is 468 g/mol. The molecule has 0 radical (unpaired) electrons. The maximum atomic E-state index is 13.7. The number of β-lactam (4-membered cyclic amide) rings is 1. The molecule has 6 heteroatoms.